The first-order valence-corrected chi connectivity index (χ1v) is 36.2. The Hall–Kier alpha value is -9.38. The highest BCUT2D eigenvalue weighted by Gasteiger charge is 2.32. The molecule has 11 aromatic carbocycles. The van der Waals surface area contributed by atoms with Crippen molar-refractivity contribution >= 4 is 110 Å². The van der Waals surface area contributed by atoms with Gasteiger partial charge in [0.15, 0.2) is 0 Å². The molecule has 19 rings (SSSR count). The van der Waals surface area contributed by atoms with Gasteiger partial charge < -0.3 is 18.6 Å². The number of para-hydroxylation sites is 2. The van der Waals surface area contributed by atoms with Crippen molar-refractivity contribution in [1.29, 1.82) is 0 Å². The molecule has 4 aliphatic rings. The highest BCUT2D eigenvalue weighted by Crippen LogP contribution is 2.55. The zero-order valence-corrected chi connectivity index (χ0v) is 54.2. The monoisotopic (exact) mass is 1220 g/mol. The molecule has 4 fully saturated rings. The van der Waals surface area contributed by atoms with Gasteiger partial charge in [0.1, 0.15) is 0 Å². The number of hydrogen-bond donors (Lipinski definition) is 0. The van der Waals surface area contributed by atoms with Gasteiger partial charge >= 0.3 is 0 Å². The van der Waals surface area contributed by atoms with Gasteiger partial charge in [0, 0.05) is 88.3 Å². The van der Waals surface area contributed by atoms with Crippen LogP contribution in [0.1, 0.15) is 174 Å². The van der Waals surface area contributed by atoms with Gasteiger partial charge in [0.25, 0.3) is 0 Å². The van der Waals surface area contributed by atoms with Gasteiger partial charge in [0.2, 0.25) is 0 Å². The number of rotatable bonds is 12. The van der Waals surface area contributed by atoms with Crippen LogP contribution < -0.4 is 9.80 Å². The first-order chi connectivity index (χ1) is 46.7. The molecule has 0 amide bonds. The molecule has 0 atom stereocenters. The van der Waals surface area contributed by atoms with Gasteiger partial charge in [-0.15, -0.1) is 0 Å². The van der Waals surface area contributed by atoms with Gasteiger partial charge in [-0.2, -0.15) is 0 Å². The lowest BCUT2D eigenvalue weighted by atomic mass is 9.84. The van der Waals surface area contributed by atoms with Crippen molar-refractivity contribution in [2.24, 2.45) is 0 Å². The van der Waals surface area contributed by atoms with Crippen molar-refractivity contribution in [3.63, 3.8) is 0 Å². The highest BCUT2D eigenvalue weighted by molar-refractivity contribution is 6.38. The summed E-state index contributed by atoms with van der Waals surface area (Å²) in [5.41, 5.74) is 25.6. The summed E-state index contributed by atoms with van der Waals surface area (Å²) in [5.74, 6) is 2.57. The fourth-order valence-corrected chi connectivity index (χ4v) is 18.9. The highest BCUT2D eigenvalue weighted by atomic mass is 15.2. The number of aromatic nitrogens is 2. The van der Waals surface area contributed by atoms with Crippen molar-refractivity contribution < 1.29 is 0 Å². The van der Waals surface area contributed by atoms with Gasteiger partial charge in [-0.3, -0.25) is 0 Å². The van der Waals surface area contributed by atoms with Crippen LogP contribution in [0.2, 0.25) is 0 Å². The van der Waals surface area contributed by atoms with Crippen molar-refractivity contribution in [2.45, 2.75) is 152 Å². The molecule has 0 N–H and O–H groups in total. The third-order valence-electron chi connectivity index (χ3n) is 23.5. The number of anilines is 6. The van der Waals surface area contributed by atoms with Gasteiger partial charge in [-0.05, 0) is 181 Å². The minimum absolute atomic E-state index is 0.644. The molecular formula is C90H82N4. The maximum Gasteiger partial charge on any atom is 0.0634 e. The molecule has 4 aromatic heterocycles. The zero-order valence-electron chi connectivity index (χ0n) is 54.2. The van der Waals surface area contributed by atoms with E-state index in [9.17, 15) is 0 Å². The molecule has 0 unspecified atom stereocenters. The van der Waals surface area contributed by atoms with E-state index in [0.717, 1.165) is 0 Å². The molecule has 462 valence electrons. The first kappa shape index (κ1) is 56.2. The summed E-state index contributed by atoms with van der Waals surface area (Å²) in [6.07, 6.45) is 26.4. The smallest absolute Gasteiger partial charge is 0.0634 e. The predicted octanol–water partition coefficient (Wildman–Crippen LogP) is 26.5. The number of hydrogen-bond acceptors (Lipinski definition) is 2. The van der Waals surface area contributed by atoms with Crippen LogP contribution in [-0.4, -0.2) is 8.80 Å². The largest absolute Gasteiger partial charge is 0.310 e. The van der Waals surface area contributed by atoms with Crippen LogP contribution in [0.3, 0.4) is 0 Å². The Morgan fingerprint density at radius 2 is 0.521 bits per heavy atom. The van der Waals surface area contributed by atoms with Gasteiger partial charge in [0.05, 0.1) is 33.1 Å². The number of benzene rings is 11. The first-order valence-electron chi connectivity index (χ1n) is 36.2. The summed E-state index contributed by atoms with van der Waals surface area (Å²) in [7, 11) is 0. The summed E-state index contributed by atoms with van der Waals surface area (Å²) in [6.45, 7) is 0. The molecular weight excluding hydrogens is 1140 g/mol. The Morgan fingerprint density at radius 3 is 0.830 bits per heavy atom. The van der Waals surface area contributed by atoms with E-state index in [1.165, 1.54) is 283 Å². The van der Waals surface area contributed by atoms with Crippen LogP contribution in [0.5, 0.6) is 0 Å². The van der Waals surface area contributed by atoms with Crippen LogP contribution in [0, 0.1) is 0 Å². The summed E-state index contributed by atoms with van der Waals surface area (Å²) >= 11 is 0. The molecule has 0 saturated heterocycles. The molecule has 94 heavy (non-hydrogen) atoms. The van der Waals surface area contributed by atoms with Gasteiger partial charge in [-0.25, -0.2) is 0 Å². The summed E-state index contributed by atoms with van der Waals surface area (Å²) in [6, 6.07) is 90.7. The summed E-state index contributed by atoms with van der Waals surface area (Å²) in [4.78, 5) is 5.08. The van der Waals surface area contributed by atoms with E-state index in [1.54, 1.807) is 0 Å². The van der Waals surface area contributed by atoms with E-state index in [-0.39, 0.29) is 0 Å². The molecule has 4 aliphatic carbocycles. The molecule has 15 aromatic rings. The Balaban J connectivity index is 0.867. The lowest BCUT2D eigenvalue weighted by molar-refractivity contribution is 0.443. The van der Waals surface area contributed by atoms with E-state index in [1.807, 2.05) is 0 Å². The van der Waals surface area contributed by atoms with Crippen molar-refractivity contribution in [2.75, 3.05) is 9.80 Å². The zero-order chi connectivity index (χ0) is 61.8. The second-order valence-corrected chi connectivity index (χ2v) is 28.8. The Bertz CT molecular complexity index is 4790. The SMILES string of the molecule is c1ccc(-c2c3c4cccc5c6ccc(N(c7ccc(C8CCCCC8)cc7)c7ccc(C8CCCCC8)cc7)cc6n(c3c(-c3ccccc3)c3c6cccc7c8ccc(N(c9ccc(C%10CCCCC%10)cc9)c9ccc(C%10CCCCC%10)cc9)cc8n(c23)c76)c54)cc1. The number of nitrogens with zero attached hydrogens (tertiary/aromatic N) is 4. The average molecular weight is 1220 g/mol. The van der Waals surface area contributed by atoms with E-state index in [0.29, 0.717) is 23.7 Å². The van der Waals surface area contributed by atoms with E-state index < -0.39 is 0 Å². The molecule has 4 heterocycles. The minimum Gasteiger partial charge on any atom is -0.310 e. The Labute approximate surface area is 552 Å². The minimum atomic E-state index is 0.644. The molecule has 0 bridgehead atoms. The fraction of sp³-hybridized carbons (Fsp3) is 0.267. The van der Waals surface area contributed by atoms with Gasteiger partial charge in [-0.1, -0.05) is 235 Å². The standard InChI is InChI=1S/C90H82N4/c1-7-21-59(22-8-1)63-37-45-69(46-38-63)91(70-47-39-64(40-48-70)60-23-9-2-10-24-60)73-53-55-75-77-33-19-35-79-85-84(68-31-17-6-18-32-68)90-86(83(67-29-15-5-16-30-67)89(85)93(87(77)79)81(75)57-73)80-36-20-34-78-76-56-54-74(58-82(76)94(90)88(78)80)92(71-49-41-65(42-50-71)61-25-11-3-12-26-61)72-51-43-66(44-52-72)62-27-13-4-14-28-62/h5-6,15-20,29-62H,1-4,7-14,21-28H2. The summed E-state index contributed by atoms with van der Waals surface area (Å²) < 4.78 is 5.40. The topological polar surface area (TPSA) is 15.3 Å². The van der Waals surface area contributed by atoms with E-state index in [4.69, 9.17) is 0 Å². The lowest BCUT2D eigenvalue weighted by Gasteiger charge is -2.28. The number of fused-ring (bicyclic) bond motifs is 12. The maximum atomic E-state index is 2.70. The Kier molecular flexibility index (Phi) is 13.9. The van der Waals surface area contributed by atoms with Crippen molar-refractivity contribution in [1.82, 2.24) is 8.80 Å². The van der Waals surface area contributed by atoms with E-state index in [2.05, 4.69) is 249 Å². The quantitative estimate of drug-likeness (QED) is 0.121. The van der Waals surface area contributed by atoms with E-state index >= 15 is 0 Å². The van der Waals surface area contributed by atoms with Crippen LogP contribution in [0.25, 0.3) is 98.4 Å². The fourth-order valence-electron chi connectivity index (χ4n) is 18.9. The van der Waals surface area contributed by atoms with Crippen LogP contribution in [-0.2, 0) is 0 Å². The molecule has 0 aliphatic heterocycles. The average Bonchev–Trinajstić information content (AvgIpc) is 1.50. The molecule has 0 spiro atoms. The second kappa shape index (κ2) is 23.3. The maximum absolute atomic E-state index is 2.70. The Morgan fingerprint density at radius 1 is 0.234 bits per heavy atom. The third kappa shape index (κ3) is 9.20. The van der Waals surface area contributed by atoms with Crippen LogP contribution >= 0.6 is 0 Å². The predicted molar refractivity (Wildman–Crippen MR) is 399 cm³/mol. The van der Waals surface area contributed by atoms with Crippen LogP contribution in [0.4, 0.5) is 34.1 Å². The lowest BCUT2D eigenvalue weighted by Crippen LogP contribution is -2.11. The summed E-state index contributed by atoms with van der Waals surface area (Å²) in [5, 5.41) is 10.3. The van der Waals surface area contributed by atoms with Crippen molar-refractivity contribution in [3.8, 4) is 22.3 Å². The molecule has 4 nitrogen and oxygen atoms in total. The second-order valence-electron chi connectivity index (χ2n) is 28.8. The molecule has 0 radical (unpaired) electrons. The van der Waals surface area contributed by atoms with Crippen LogP contribution in [0.15, 0.2) is 231 Å². The van der Waals surface area contributed by atoms with Crippen molar-refractivity contribution in [3.05, 3.63) is 253 Å². The third-order valence-corrected chi connectivity index (χ3v) is 23.5. The normalized spacial score (nSPS) is 16.8. The molecule has 4 saturated carbocycles. The molecule has 4 heteroatoms.